The first-order chi connectivity index (χ1) is 9.65. The Morgan fingerprint density at radius 2 is 2.15 bits per heavy atom. The molecule has 1 heterocycles. The van der Waals surface area contributed by atoms with Crippen molar-refractivity contribution in [1.29, 1.82) is 0 Å². The van der Waals surface area contributed by atoms with E-state index in [1.165, 1.54) is 18.9 Å². The van der Waals surface area contributed by atoms with E-state index < -0.39 is 0 Å². The van der Waals surface area contributed by atoms with Crippen LogP contribution in [0.15, 0.2) is 34.7 Å². The SMILES string of the molecule is Cc1c(-c2ccc(CNC3CC3)o2)cccc1[N+](=O)[O-]. The molecule has 0 aliphatic heterocycles. The highest BCUT2D eigenvalue weighted by Gasteiger charge is 2.21. The predicted molar refractivity (Wildman–Crippen MR) is 75.4 cm³/mol. The number of nitro benzene ring substituents is 1. The zero-order chi connectivity index (χ0) is 14.1. The Hall–Kier alpha value is -2.14. The van der Waals surface area contributed by atoms with Gasteiger partial charge < -0.3 is 9.73 Å². The van der Waals surface area contributed by atoms with Crippen molar-refractivity contribution in [2.45, 2.75) is 32.4 Å². The number of furan rings is 1. The van der Waals surface area contributed by atoms with Gasteiger partial charge in [-0.1, -0.05) is 12.1 Å². The Morgan fingerprint density at radius 1 is 1.35 bits per heavy atom. The van der Waals surface area contributed by atoms with E-state index in [0.29, 0.717) is 23.9 Å². The lowest BCUT2D eigenvalue weighted by Crippen LogP contribution is -2.14. The third-order valence-electron chi connectivity index (χ3n) is 3.57. The van der Waals surface area contributed by atoms with Crippen LogP contribution >= 0.6 is 0 Å². The van der Waals surface area contributed by atoms with Crippen molar-refractivity contribution in [2.75, 3.05) is 0 Å². The van der Waals surface area contributed by atoms with Gasteiger partial charge in [0.05, 0.1) is 11.5 Å². The van der Waals surface area contributed by atoms with Crippen molar-refractivity contribution >= 4 is 5.69 Å². The van der Waals surface area contributed by atoms with E-state index in [2.05, 4.69) is 5.32 Å². The summed E-state index contributed by atoms with van der Waals surface area (Å²) in [5.74, 6) is 1.54. The smallest absolute Gasteiger partial charge is 0.273 e. The fourth-order valence-electron chi connectivity index (χ4n) is 2.24. The molecule has 0 amide bonds. The highest BCUT2D eigenvalue weighted by molar-refractivity contribution is 5.67. The quantitative estimate of drug-likeness (QED) is 0.669. The van der Waals surface area contributed by atoms with E-state index in [0.717, 1.165) is 11.3 Å². The van der Waals surface area contributed by atoms with E-state index in [1.807, 2.05) is 18.2 Å². The van der Waals surface area contributed by atoms with Gasteiger partial charge >= 0.3 is 0 Å². The van der Waals surface area contributed by atoms with Gasteiger partial charge in [0.15, 0.2) is 0 Å². The van der Waals surface area contributed by atoms with Crippen LogP contribution in [-0.2, 0) is 6.54 Å². The monoisotopic (exact) mass is 272 g/mol. The molecule has 1 aromatic heterocycles. The van der Waals surface area contributed by atoms with Crippen LogP contribution in [0.2, 0.25) is 0 Å². The lowest BCUT2D eigenvalue weighted by Gasteiger charge is -2.03. The van der Waals surface area contributed by atoms with Gasteiger partial charge in [-0.15, -0.1) is 0 Å². The van der Waals surface area contributed by atoms with Crippen molar-refractivity contribution < 1.29 is 9.34 Å². The summed E-state index contributed by atoms with van der Waals surface area (Å²) in [7, 11) is 0. The first-order valence-corrected chi connectivity index (χ1v) is 6.71. The minimum Gasteiger partial charge on any atom is -0.460 e. The molecule has 0 spiro atoms. The van der Waals surface area contributed by atoms with Crippen molar-refractivity contribution in [3.63, 3.8) is 0 Å². The molecule has 5 heteroatoms. The maximum Gasteiger partial charge on any atom is 0.273 e. The predicted octanol–water partition coefficient (Wildman–Crippen LogP) is 3.42. The molecule has 1 aliphatic rings. The first kappa shape index (κ1) is 12.9. The topological polar surface area (TPSA) is 68.3 Å². The molecular formula is C15H16N2O3. The molecule has 1 saturated carbocycles. The van der Waals surface area contributed by atoms with Gasteiger partial charge in [0, 0.05) is 23.2 Å². The molecule has 1 fully saturated rings. The molecule has 1 aromatic carbocycles. The molecule has 0 unspecified atom stereocenters. The number of nitrogens with zero attached hydrogens (tertiary/aromatic N) is 1. The van der Waals surface area contributed by atoms with Crippen LogP contribution in [-0.4, -0.2) is 11.0 Å². The van der Waals surface area contributed by atoms with E-state index in [1.54, 1.807) is 13.0 Å². The summed E-state index contributed by atoms with van der Waals surface area (Å²) >= 11 is 0. The Kier molecular flexibility index (Phi) is 3.28. The molecule has 3 rings (SSSR count). The molecule has 104 valence electrons. The van der Waals surface area contributed by atoms with Crippen LogP contribution in [0.3, 0.4) is 0 Å². The third kappa shape index (κ3) is 2.58. The van der Waals surface area contributed by atoms with E-state index in [4.69, 9.17) is 4.42 Å². The molecule has 0 saturated heterocycles. The second-order valence-electron chi connectivity index (χ2n) is 5.13. The maximum atomic E-state index is 11.0. The van der Waals surface area contributed by atoms with Crippen LogP contribution in [0.1, 0.15) is 24.2 Å². The van der Waals surface area contributed by atoms with E-state index in [9.17, 15) is 10.1 Å². The minimum absolute atomic E-state index is 0.122. The van der Waals surface area contributed by atoms with Gasteiger partial charge in [-0.3, -0.25) is 10.1 Å². The molecule has 2 aromatic rings. The van der Waals surface area contributed by atoms with Crippen LogP contribution < -0.4 is 5.32 Å². The maximum absolute atomic E-state index is 11.0. The van der Waals surface area contributed by atoms with Gasteiger partial charge in [0.2, 0.25) is 0 Å². The van der Waals surface area contributed by atoms with Crippen molar-refractivity contribution in [1.82, 2.24) is 5.32 Å². The average Bonchev–Trinajstić information content (AvgIpc) is 3.14. The Balaban J connectivity index is 1.84. The summed E-state index contributed by atoms with van der Waals surface area (Å²) in [6.07, 6.45) is 2.47. The first-order valence-electron chi connectivity index (χ1n) is 6.71. The summed E-state index contributed by atoms with van der Waals surface area (Å²) in [6.45, 7) is 2.46. The van der Waals surface area contributed by atoms with Gasteiger partial charge in [0.1, 0.15) is 11.5 Å². The number of nitrogens with one attached hydrogen (secondary N) is 1. The van der Waals surface area contributed by atoms with Crippen LogP contribution in [0.4, 0.5) is 5.69 Å². The lowest BCUT2D eigenvalue weighted by molar-refractivity contribution is -0.385. The largest absolute Gasteiger partial charge is 0.460 e. The van der Waals surface area contributed by atoms with Crippen molar-refractivity contribution in [2.24, 2.45) is 0 Å². The second kappa shape index (κ2) is 5.09. The summed E-state index contributed by atoms with van der Waals surface area (Å²) in [6, 6.07) is 9.46. The molecule has 1 N–H and O–H groups in total. The van der Waals surface area contributed by atoms with Crippen molar-refractivity contribution in [3.8, 4) is 11.3 Å². The zero-order valence-corrected chi connectivity index (χ0v) is 11.3. The van der Waals surface area contributed by atoms with Gasteiger partial charge in [-0.05, 0) is 31.9 Å². The number of nitro groups is 1. The summed E-state index contributed by atoms with van der Waals surface area (Å²) < 4.78 is 5.78. The summed E-state index contributed by atoms with van der Waals surface area (Å²) in [4.78, 5) is 10.6. The average molecular weight is 272 g/mol. The van der Waals surface area contributed by atoms with Crippen LogP contribution in [0.5, 0.6) is 0 Å². The Morgan fingerprint density at radius 3 is 2.85 bits per heavy atom. The van der Waals surface area contributed by atoms with Gasteiger partial charge in [-0.25, -0.2) is 0 Å². The molecule has 0 atom stereocenters. The molecule has 0 bridgehead atoms. The number of hydrogen-bond donors (Lipinski definition) is 1. The fourth-order valence-corrected chi connectivity index (χ4v) is 2.24. The highest BCUT2D eigenvalue weighted by Crippen LogP contribution is 2.31. The molecular weight excluding hydrogens is 256 g/mol. The van der Waals surface area contributed by atoms with E-state index in [-0.39, 0.29) is 10.6 Å². The molecule has 20 heavy (non-hydrogen) atoms. The third-order valence-corrected chi connectivity index (χ3v) is 3.57. The highest BCUT2D eigenvalue weighted by atomic mass is 16.6. The number of hydrogen-bond acceptors (Lipinski definition) is 4. The summed E-state index contributed by atoms with van der Waals surface area (Å²) in [5.41, 5.74) is 1.53. The van der Waals surface area contributed by atoms with Crippen molar-refractivity contribution in [3.05, 3.63) is 51.8 Å². The molecule has 0 radical (unpaired) electrons. The molecule has 1 aliphatic carbocycles. The second-order valence-corrected chi connectivity index (χ2v) is 5.13. The van der Waals surface area contributed by atoms with Crippen LogP contribution in [0, 0.1) is 17.0 Å². The minimum atomic E-state index is -0.364. The van der Waals surface area contributed by atoms with E-state index >= 15 is 0 Å². The normalized spacial score (nSPS) is 14.4. The Bertz CT molecular complexity index is 644. The van der Waals surface area contributed by atoms with Gasteiger partial charge in [0.25, 0.3) is 5.69 Å². The Labute approximate surface area is 116 Å². The lowest BCUT2D eigenvalue weighted by atomic mass is 10.1. The van der Waals surface area contributed by atoms with Crippen LogP contribution in [0.25, 0.3) is 11.3 Å². The zero-order valence-electron chi connectivity index (χ0n) is 11.3. The summed E-state index contributed by atoms with van der Waals surface area (Å²) in [5, 5.41) is 14.3. The fraction of sp³-hybridized carbons (Fsp3) is 0.333. The standard InChI is InChI=1S/C15H16N2O3/c1-10-13(3-2-4-14(10)17(18)19)15-8-7-12(20-15)9-16-11-5-6-11/h2-4,7-8,11,16H,5-6,9H2,1H3. The van der Waals surface area contributed by atoms with Gasteiger partial charge in [-0.2, -0.15) is 0 Å². The number of rotatable bonds is 5. The number of benzene rings is 1. The molecule has 5 nitrogen and oxygen atoms in total.